The zero-order valence-electron chi connectivity index (χ0n) is 17.1. The lowest BCUT2D eigenvalue weighted by Gasteiger charge is -2.31. The van der Waals surface area contributed by atoms with Gasteiger partial charge >= 0.3 is 0 Å². The Kier molecular flexibility index (Phi) is 6.53. The summed E-state index contributed by atoms with van der Waals surface area (Å²) in [7, 11) is -3.92. The molecule has 1 aliphatic heterocycles. The first kappa shape index (κ1) is 21.3. The number of hydrogen-bond donors (Lipinski definition) is 1. The number of anilines is 2. The van der Waals surface area contributed by atoms with Gasteiger partial charge in [0.2, 0.25) is 0 Å². The van der Waals surface area contributed by atoms with Gasteiger partial charge in [-0.3, -0.25) is 4.72 Å². The van der Waals surface area contributed by atoms with Gasteiger partial charge in [-0.15, -0.1) is 0 Å². The van der Waals surface area contributed by atoms with Crippen molar-refractivity contribution in [2.75, 3.05) is 49.1 Å². The fourth-order valence-electron chi connectivity index (χ4n) is 3.28. The predicted molar refractivity (Wildman–Crippen MR) is 109 cm³/mol. The Labute approximate surface area is 171 Å². The van der Waals surface area contributed by atoms with Crippen LogP contribution in [-0.4, -0.2) is 53.1 Å². The van der Waals surface area contributed by atoms with Crippen molar-refractivity contribution in [2.45, 2.75) is 32.6 Å². The van der Waals surface area contributed by atoms with E-state index in [1.54, 1.807) is 19.9 Å². The van der Waals surface area contributed by atoms with Crippen molar-refractivity contribution in [3.05, 3.63) is 23.6 Å². The first-order chi connectivity index (χ1) is 13.9. The summed E-state index contributed by atoms with van der Waals surface area (Å²) in [4.78, 5) is 2.17. The highest BCUT2D eigenvalue weighted by molar-refractivity contribution is 7.92. The summed E-state index contributed by atoms with van der Waals surface area (Å²) in [6.07, 6.45) is 0. The van der Waals surface area contributed by atoms with Crippen LogP contribution in [0.25, 0.3) is 0 Å². The molecule has 0 radical (unpaired) electrons. The second-order valence-corrected chi connectivity index (χ2v) is 8.16. The smallest absolute Gasteiger partial charge is 0.267 e. The van der Waals surface area contributed by atoms with Crippen LogP contribution in [-0.2, 0) is 14.8 Å². The van der Waals surface area contributed by atoms with Crippen molar-refractivity contribution in [2.24, 2.45) is 0 Å². The van der Waals surface area contributed by atoms with E-state index in [1.165, 1.54) is 0 Å². The van der Waals surface area contributed by atoms with E-state index in [-0.39, 0.29) is 10.7 Å². The minimum Gasteiger partial charge on any atom is -0.492 e. The molecule has 1 N–H and O–H groups in total. The number of aryl methyl sites for hydroxylation is 2. The molecule has 10 heteroatoms. The zero-order chi connectivity index (χ0) is 21.0. The number of hydrogen-bond acceptors (Lipinski definition) is 8. The third-order valence-corrected chi connectivity index (χ3v) is 6.10. The number of rotatable bonds is 8. The molecule has 1 aromatic carbocycles. The van der Waals surface area contributed by atoms with Gasteiger partial charge in [-0.05, 0) is 27.7 Å². The maximum absolute atomic E-state index is 13.0. The lowest BCUT2D eigenvalue weighted by atomic mass is 10.2. The SMILES string of the molecule is CCOc1cc(N2CCOCC2)c(OCC)cc1NS(=O)(=O)c1c(C)noc1C. The molecule has 0 aliphatic carbocycles. The van der Waals surface area contributed by atoms with Gasteiger partial charge in [-0.2, -0.15) is 0 Å². The van der Waals surface area contributed by atoms with Gasteiger partial charge in [0.1, 0.15) is 17.2 Å². The Balaban J connectivity index is 2.04. The molecule has 160 valence electrons. The normalized spacial score (nSPS) is 14.7. The molecule has 1 aliphatic rings. The van der Waals surface area contributed by atoms with Crippen LogP contribution in [0.15, 0.2) is 21.6 Å². The molecule has 1 aromatic heterocycles. The molecule has 0 unspecified atom stereocenters. The van der Waals surface area contributed by atoms with Crippen molar-refractivity contribution in [3.63, 3.8) is 0 Å². The Bertz CT molecular complexity index is 932. The summed E-state index contributed by atoms with van der Waals surface area (Å²) in [5, 5.41) is 3.74. The first-order valence-corrected chi connectivity index (χ1v) is 11.1. The first-order valence-electron chi connectivity index (χ1n) is 9.59. The largest absolute Gasteiger partial charge is 0.492 e. The van der Waals surface area contributed by atoms with Crippen LogP contribution < -0.4 is 19.1 Å². The topological polar surface area (TPSA) is 103 Å². The maximum atomic E-state index is 13.0. The second-order valence-electron chi connectivity index (χ2n) is 6.54. The van der Waals surface area contributed by atoms with Gasteiger partial charge < -0.3 is 23.6 Å². The minimum absolute atomic E-state index is 0.0233. The van der Waals surface area contributed by atoms with Gasteiger partial charge in [-0.25, -0.2) is 8.42 Å². The number of nitrogens with zero attached hydrogens (tertiary/aromatic N) is 2. The number of aromatic nitrogens is 1. The minimum atomic E-state index is -3.92. The molecule has 0 spiro atoms. The molecule has 2 heterocycles. The van der Waals surface area contributed by atoms with Crippen LogP contribution in [0.3, 0.4) is 0 Å². The Morgan fingerprint density at radius 3 is 2.34 bits per heavy atom. The summed E-state index contributed by atoms with van der Waals surface area (Å²) in [6, 6.07) is 3.47. The molecule has 0 saturated carbocycles. The van der Waals surface area contributed by atoms with Crippen molar-refractivity contribution >= 4 is 21.4 Å². The van der Waals surface area contributed by atoms with Crippen LogP contribution in [0.5, 0.6) is 11.5 Å². The van der Waals surface area contributed by atoms with E-state index >= 15 is 0 Å². The molecule has 1 saturated heterocycles. The molecule has 2 aromatic rings. The van der Waals surface area contributed by atoms with Crippen LogP contribution in [0.4, 0.5) is 11.4 Å². The average Bonchev–Trinajstić information content (AvgIpc) is 3.03. The fraction of sp³-hybridized carbons (Fsp3) is 0.526. The van der Waals surface area contributed by atoms with Gasteiger partial charge in [-0.1, -0.05) is 5.16 Å². The monoisotopic (exact) mass is 425 g/mol. The summed E-state index contributed by atoms with van der Waals surface area (Å²) < 4.78 is 50.6. The van der Waals surface area contributed by atoms with E-state index in [2.05, 4.69) is 14.8 Å². The van der Waals surface area contributed by atoms with E-state index in [9.17, 15) is 8.42 Å². The van der Waals surface area contributed by atoms with Crippen molar-refractivity contribution < 1.29 is 27.2 Å². The molecule has 3 rings (SSSR count). The molecule has 29 heavy (non-hydrogen) atoms. The van der Waals surface area contributed by atoms with E-state index in [1.807, 2.05) is 19.9 Å². The number of sulfonamides is 1. The maximum Gasteiger partial charge on any atom is 0.267 e. The quantitative estimate of drug-likeness (QED) is 0.689. The fourth-order valence-corrected chi connectivity index (χ4v) is 4.67. The van der Waals surface area contributed by atoms with E-state index in [0.717, 1.165) is 18.8 Å². The molecule has 0 bridgehead atoms. The standard InChI is InChI=1S/C19H27N3O6S/c1-5-26-17-12-16(22-7-9-25-10-8-22)18(27-6-2)11-15(17)21-29(23,24)19-13(3)20-28-14(19)4/h11-12,21H,5-10H2,1-4H3. The van der Waals surface area contributed by atoms with E-state index in [0.29, 0.717) is 49.3 Å². The van der Waals surface area contributed by atoms with Gasteiger partial charge in [0, 0.05) is 25.2 Å². The van der Waals surface area contributed by atoms with Crippen LogP contribution in [0, 0.1) is 13.8 Å². The summed E-state index contributed by atoms with van der Waals surface area (Å²) in [5.41, 5.74) is 1.44. The third kappa shape index (κ3) is 4.59. The van der Waals surface area contributed by atoms with Crippen molar-refractivity contribution in [3.8, 4) is 11.5 Å². The Hall–Kier alpha value is -2.46. The highest BCUT2D eigenvalue weighted by Crippen LogP contribution is 2.40. The van der Waals surface area contributed by atoms with Crippen molar-refractivity contribution in [1.82, 2.24) is 5.16 Å². The summed E-state index contributed by atoms with van der Waals surface area (Å²) in [6.45, 7) is 10.4. The Morgan fingerprint density at radius 1 is 1.10 bits per heavy atom. The highest BCUT2D eigenvalue weighted by Gasteiger charge is 2.27. The summed E-state index contributed by atoms with van der Waals surface area (Å²) >= 11 is 0. The zero-order valence-corrected chi connectivity index (χ0v) is 18.0. The predicted octanol–water partition coefficient (Wildman–Crippen LogP) is 2.73. The van der Waals surface area contributed by atoms with Gasteiger partial charge in [0.25, 0.3) is 10.0 Å². The molecule has 1 fully saturated rings. The lowest BCUT2D eigenvalue weighted by molar-refractivity contribution is 0.122. The van der Waals surface area contributed by atoms with Crippen LogP contribution in [0.2, 0.25) is 0 Å². The number of nitrogens with one attached hydrogen (secondary N) is 1. The van der Waals surface area contributed by atoms with E-state index < -0.39 is 10.0 Å². The Morgan fingerprint density at radius 2 is 1.76 bits per heavy atom. The molecular weight excluding hydrogens is 398 g/mol. The molecule has 0 amide bonds. The van der Waals surface area contributed by atoms with Crippen LogP contribution >= 0.6 is 0 Å². The van der Waals surface area contributed by atoms with Crippen molar-refractivity contribution in [1.29, 1.82) is 0 Å². The summed E-state index contributed by atoms with van der Waals surface area (Å²) in [5.74, 6) is 1.23. The third-order valence-electron chi connectivity index (χ3n) is 4.49. The lowest BCUT2D eigenvalue weighted by Crippen LogP contribution is -2.36. The van der Waals surface area contributed by atoms with Gasteiger partial charge in [0.05, 0.1) is 37.8 Å². The van der Waals surface area contributed by atoms with Gasteiger partial charge in [0.15, 0.2) is 10.7 Å². The number of ether oxygens (including phenoxy) is 3. The number of benzene rings is 1. The van der Waals surface area contributed by atoms with Crippen LogP contribution in [0.1, 0.15) is 25.3 Å². The average molecular weight is 426 g/mol. The number of morpholine rings is 1. The molecular formula is C19H27N3O6S. The van der Waals surface area contributed by atoms with E-state index in [4.69, 9.17) is 18.7 Å². The molecule has 0 atom stereocenters. The highest BCUT2D eigenvalue weighted by atomic mass is 32.2. The second kappa shape index (κ2) is 8.91. The molecule has 9 nitrogen and oxygen atoms in total.